The van der Waals surface area contributed by atoms with E-state index in [0.717, 1.165) is 17.9 Å². The lowest BCUT2D eigenvalue weighted by atomic mass is 10.3. The van der Waals surface area contributed by atoms with Crippen molar-refractivity contribution >= 4 is 17.5 Å². The Bertz CT molecular complexity index is 447. The summed E-state index contributed by atoms with van der Waals surface area (Å²) in [5.74, 6) is 2.25. The summed E-state index contributed by atoms with van der Waals surface area (Å²) >= 11 is 0. The molecule has 0 aliphatic rings. The van der Waals surface area contributed by atoms with E-state index in [0.29, 0.717) is 18.2 Å². The minimum absolute atomic E-state index is 0.0446. The van der Waals surface area contributed by atoms with Crippen LogP contribution in [0.15, 0.2) is 0 Å². The summed E-state index contributed by atoms with van der Waals surface area (Å²) in [7, 11) is 1.78. The summed E-state index contributed by atoms with van der Waals surface area (Å²) in [6, 6.07) is 0. The molecule has 1 aromatic rings. The van der Waals surface area contributed by atoms with Crippen molar-refractivity contribution in [1.82, 2.24) is 14.9 Å². The molecule has 0 bridgehead atoms. The third-order valence-corrected chi connectivity index (χ3v) is 2.91. The van der Waals surface area contributed by atoms with Gasteiger partial charge in [0.05, 0.1) is 6.54 Å². The Morgan fingerprint density at radius 1 is 1.16 bits per heavy atom. The van der Waals surface area contributed by atoms with Gasteiger partial charge in [-0.1, -0.05) is 0 Å². The number of aryl methyl sites for hydroxylation is 1. The highest BCUT2D eigenvalue weighted by Crippen LogP contribution is 2.19. The Labute approximate surface area is 114 Å². The van der Waals surface area contributed by atoms with Crippen LogP contribution in [0.3, 0.4) is 0 Å². The van der Waals surface area contributed by atoms with Crippen LogP contribution in [0, 0.1) is 13.8 Å². The van der Waals surface area contributed by atoms with E-state index in [1.807, 2.05) is 27.7 Å². The standard InChI is InChI=1S/C13H23N5O/c1-6-14-12-9(3)13(17-10(4)16-12)15-8-11(19)18(5)7-2/h6-8H2,1-5H3,(H2,14,15,16,17). The van der Waals surface area contributed by atoms with Gasteiger partial charge in [0.1, 0.15) is 17.5 Å². The normalized spacial score (nSPS) is 10.2. The molecule has 0 saturated heterocycles. The number of likely N-dealkylation sites (N-methyl/N-ethyl adjacent to an activating group) is 1. The highest BCUT2D eigenvalue weighted by Gasteiger charge is 2.11. The van der Waals surface area contributed by atoms with Crippen LogP contribution in [0.5, 0.6) is 0 Å². The van der Waals surface area contributed by atoms with Gasteiger partial charge < -0.3 is 15.5 Å². The molecule has 106 valence electrons. The van der Waals surface area contributed by atoms with Crippen molar-refractivity contribution in [3.63, 3.8) is 0 Å². The lowest BCUT2D eigenvalue weighted by molar-refractivity contribution is -0.127. The van der Waals surface area contributed by atoms with Gasteiger partial charge in [-0.15, -0.1) is 0 Å². The number of nitrogens with one attached hydrogen (secondary N) is 2. The zero-order valence-electron chi connectivity index (χ0n) is 12.4. The van der Waals surface area contributed by atoms with Crippen molar-refractivity contribution in [2.45, 2.75) is 27.7 Å². The smallest absolute Gasteiger partial charge is 0.241 e. The molecule has 0 fully saturated rings. The Kier molecular flexibility index (Phi) is 5.54. The van der Waals surface area contributed by atoms with E-state index in [-0.39, 0.29) is 12.5 Å². The van der Waals surface area contributed by atoms with Crippen molar-refractivity contribution in [3.05, 3.63) is 11.4 Å². The summed E-state index contributed by atoms with van der Waals surface area (Å²) in [5.41, 5.74) is 0.930. The molecule has 1 aromatic heterocycles. The van der Waals surface area contributed by atoms with Crippen LogP contribution < -0.4 is 10.6 Å². The van der Waals surface area contributed by atoms with Gasteiger partial charge in [-0.05, 0) is 27.7 Å². The summed E-state index contributed by atoms with van der Waals surface area (Å²) in [6.07, 6.45) is 0. The molecule has 6 heteroatoms. The van der Waals surface area contributed by atoms with E-state index in [9.17, 15) is 4.79 Å². The summed E-state index contributed by atoms with van der Waals surface area (Å²) < 4.78 is 0. The van der Waals surface area contributed by atoms with E-state index in [4.69, 9.17) is 0 Å². The van der Waals surface area contributed by atoms with Gasteiger partial charge in [0, 0.05) is 25.7 Å². The van der Waals surface area contributed by atoms with Crippen molar-refractivity contribution in [3.8, 4) is 0 Å². The Balaban J connectivity index is 2.80. The SMILES string of the molecule is CCNc1nc(C)nc(NCC(=O)N(C)CC)c1C. The van der Waals surface area contributed by atoms with E-state index >= 15 is 0 Å². The maximum Gasteiger partial charge on any atom is 0.241 e. The van der Waals surface area contributed by atoms with Gasteiger partial charge in [0.15, 0.2) is 0 Å². The molecule has 0 spiro atoms. The zero-order chi connectivity index (χ0) is 14.4. The fourth-order valence-electron chi connectivity index (χ4n) is 1.61. The number of carbonyl (C=O) groups is 1. The van der Waals surface area contributed by atoms with E-state index in [1.54, 1.807) is 11.9 Å². The van der Waals surface area contributed by atoms with E-state index in [1.165, 1.54) is 0 Å². The average Bonchev–Trinajstić information content (AvgIpc) is 2.39. The van der Waals surface area contributed by atoms with Gasteiger partial charge in [-0.25, -0.2) is 9.97 Å². The minimum Gasteiger partial charge on any atom is -0.370 e. The highest BCUT2D eigenvalue weighted by atomic mass is 16.2. The molecule has 0 aliphatic heterocycles. The first-order chi connectivity index (χ1) is 8.99. The van der Waals surface area contributed by atoms with E-state index in [2.05, 4.69) is 20.6 Å². The first-order valence-corrected chi connectivity index (χ1v) is 6.56. The van der Waals surface area contributed by atoms with Crippen LogP contribution in [-0.2, 0) is 4.79 Å². The number of hydrogen-bond acceptors (Lipinski definition) is 5. The predicted octanol–water partition coefficient (Wildman–Crippen LogP) is 1.42. The fraction of sp³-hybridized carbons (Fsp3) is 0.615. The maximum absolute atomic E-state index is 11.8. The Morgan fingerprint density at radius 2 is 1.74 bits per heavy atom. The number of rotatable bonds is 6. The number of aromatic nitrogens is 2. The van der Waals surface area contributed by atoms with Crippen LogP contribution in [0.1, 0.15) is 25.2 Å². The molecule has 0 radical (unpaired) electrons. The van der Waals surface area contributed by atoms with Gasteiger partial charge in [0.2, 0.25) is 5.91 Å². The average molecular weight is 265 g/mol. The predicted molar refractivity (Wildman–Crippen MR) is 77.5 cm³/mol. The van der Waals surface area contributed by atoms with Crippen LogP contribution in [0.25, 0.3) is 0 Å². The number of carbonyl (C=O) groups excluding carboxylic acids is 1. The number of amides is 1. The second-order valence-corrected chi connectivity index (χ2v) is 4.38. The molecule has 0 aliphatic carbocycles. The molecule has 19 heavy (non-hydrogen) atoms. The molecule has 1 amide bonds. The summed E-state index contributed by atoms with van der Waals surface area (Å²) in [4.78, 5) is 22.1. The second kappa shape index (κ2) is 6.92. The lowest BCUT2D eigenvalue weighted by Crippen LogP contribution is -2.32. The van der Waals surface area contributed by atoms with Crippen molar-refractivity contribution in [1.29, 1.82) is 0 Å². The maximum atomic E-state index is 11.8. The molecular formula is C13H23N5O. The van der Waals surface area contributed by atoms with Crippen molar-refractivity contribution in [2.24, 2.45) is 0 Å². The van der Waals surface area contributed by atoms with Crippen molar-refractivity contribution in [2.75, 3.05) is 37.3 Å². The van der Waals surface area contributed by atoms with Crippen LogP contribution in [0.2, 0.25) is 0 Å². The van der Waals surface area contributed by atoms with Crippen LogP contribution >= 0.6 is 0 Å². The molecule has 0 aromatic carbocycles. The zero-order valence-corrected chi connectivity index (χ0v) is 12.4. The molecular weight excluding hydrogens is 242 g/mol. The van der Waals surface area contributed by atoms with Crippen molar-refractivity contribution < 1.29 is 4.79 Å². The number of anilines is 2. The summed E-state index contributed by atoms with van der Waals surface area (Å²) in [5, 5.41) is 6.28. The second-order valence-electron chi connectivity index (χ2n) is 4.38. The lowest BCUT2D eigenvalue weighted by Gasteiger charge is -2.17. The first-order valence-electron chi connectivity index (χ1n) is 6.56. The Morgan fingerprint density at radius 3 is 2.26 bits per heavy atom. The highest BCUT2D eigenvalue weighted by molar-refractivity contribution is 5.80. The molecule has 6 nitrogen and oxygen atoms in total. The third kappa shape index (κ3) is 4.08. The van der Waals surface area contributed by atoms with Gasteiger partial charge in [-0.3, -0.25) is 4.79 Å². The Hall–Kier alpha value is -1.85. The quantitative estimate of drug-likeness (QED) is 0.814. The van der Waals surface area contributed by atoms with Gasteiger partial charge in [0.25, 0.3) is 0 Å². The fourth-order valence-corrected chi connectivity index (χ4v) is 1.61. The third-order valence-electron chi connectivity index (χ3n) is 2.91. The van der Waals surface area contributed by atoms with Gasteiger partial charge >= 0.3 is 0 Å². The first kappa shape index (κ1) is 15.2. The minimum atomic E-state index is 0.0446. The topological polar surface area (TPSA) is 70.1 Å². The summed E-state index contributed by atoms with van der Waals surface area (Å²) in [6.45, 7) is 9.48. The molecule has 1 heterocycles. The molecule has 2 N–H and O–H groups in total. The molecule has 0 saturated carbocycles. The molecule has 1 rings (SSSR count). The monoisotopic (exact) mass is 265 g/mol. The van der Waals surface area contributed by atoms with Crippen LogP contribution in [-0.4, -0.2) is 47.5 Å². The number of hydrogen-bond donors (Lipinski definition) is 2. The molecule has 0 unspecified atom stereocenters. The number of nitrogens with zero attached hydrogens (tertiary/aromatic N) is 3. The molecule has 0 atom stereocenters. The largest absolute Gasteiger partial charge is 0.370 e. The van der Waals surface area contributed by atoms with E-state index < -0.39 is 0 Å². The van der Waals surface area contributed by atoms with Gasteiger partial charge in [-0.2, -0.15) is 0 Å². The van der Waals surface area contributed by atoms with Crippen LogP contribution in [0.4, 0.5) is 11.6 Å².